The molecule has 2 aromatic heterocycles. The van der Waals surface area contributed by atoms with Crippen molar-refractivity contribution in [2.75, 3.05) is 48.9 Å². The number of pyridine rings is 1. The number of aromatic nitrogens is 3. The fourth-order valence-electron chi connectivity index (χ4n) is 3.12. The van der Waals surface area contributed by atoms with E-state index in [1.54, 1.807) is 12.4 Å². The van der Waals surface area contributed by atoms with Crippen LogP contribution >= 0.6 is 0 Å². The van der Waals surface area contributed by atoms with Gasteiger partial charge < -0.3 is 14.7 Å². The topological polar surface area (TPSA) is 72.2 Å². The van der Waals surface area contributed by atoms with Crippen LogP contribution in [-0.2, 0) is 0 Å². The molecule has 0 radical (unpaired) electrons. The zero-order valence-electron chi connectivity index (χ0n) is 14.9. The first-order chi connectivity index (χ1) is 12.1. The molecule has 7 nitrogen and oxygen atoms in total. The maximum absolute atomic E-state index is 9.06. The highest BCUT2D eigenvalue weighted by Crippen LogP contribution is 2.25. The first-order valence-corrected chi connectivity index (χ1v) is 8.43. The number of piperidine rings is 1. The fourth-order valence-corrected chi connectivity index (χ4v) is 3.12. The molecule has 0 bridgehead atoms. The summed E-state index contributed by atoms with van der Waals surface area (Å²) in [7, 11) is 5.97. The van der Waals surface area contributed by atoms with Gasteiger partial charge in [0.15, 0.2) is 0 Å². The number of nitriles is 1. The van der Waals surface area contributed by atoms with Crippen LogP contribution in [0.1, 0.15) is 18.5 Å². The quantitative estimate of drug-likeness (QED) is 0.844. The van der Waals surface area contributed by atoms with Gasteiger partial charge >= 0.3 is 0 Å². The second-order valence-corrected chi connectivity index (χ2v) is 6.47. The Labute approximate surface area is 148 Å². The predicted octanol–water partition coefficient (Wildman–Crippen LogP) is 1.91. The average molecular weight is 337 g/mol. The van der Waals surface area contributed by atoms with Crippen LogP contribution in [0.3, 0.4) is 0 Å². The van der Waals surface area contributed by atoms with Crippen LogP contribution in [-0.4, -0.2) is 55.2 Å². The number of anilines is 3. The van der Waals surface area contributed by atoms with Crippen LogP contribution in [0, 0.1) is 11.3 Å². The van der Waals surface area contributed by atoms with Gasteiger partial charge in [0.2, 0.25) is 5.95 Å². The van der Waals surface area contributed by atoms with Gasteiger partial charge in [-0.25, -0.2) is 9.97 Å². The lowest BCUT2D eigenvalue weighted by molar-refractivity contribution is 0.485. The monoisotopic (exact) mass is 337 g/mol. The van der Waals surface area contributed by atoms with Crippen molar-refractivity contribution in [2.24, 2.45) is 0 Å². The van der Waals surface area contributed by atoms with Gasteiger partial charge in [0.25, 0.3) is 0 Å². The molecule has 3 heterocycles. The van der Waals surface area contributed by atoms with Crippen LogP contribution in [0.15, 0.2) is 30.6 Å². The van der Waals surface area contributed by atoms with E-state index in [4.69, 9.17) is 5.26 Å². The van der Waals surface area contributed by atoms with Crippen molar-refractivity contribution in [3.05, 3.63) is 36.3 Å². The molecule has 0 N–H and O–H groups in total. The molecular formula is C18H23N7. The van der Waals surface area contributed by atoms with Crippen LogP contribution < -0.4 is 14.7 Å². The summed E-state index contributed by atoms with van der Waals surface area (Å²) in [5.74, 6) is 1.64. The molecule has 3 rings (SSSR count). The van der Waals surface area contributed by atoms with E-state index in [9.17, 15) is 0 Å². The molecule has 0 spiro atoms. The Kier molecular flexibility index (Phi) is 4.98. The minimum absolute atomic E-state index is 0.359. The van der Waals surface area contributed by atoms with Crippen molar-refractivity contribution in [2.45, 2.75) is 18.9 Å². The zero-order valence-corrected chi connectivity index (χ0v) is 14.9. The minimum Gasteiger partial charge on any atom is -0.369 e. The van der Waals surface area contributed by atoms with E-state index >= 15 is 0 Å². The van der Waals surface area contributed by atoms with Crippen molar-refractivity contribution >= 4 is 17.5 Å². The number of likely N-dealkylation sites (N-methyl/N-ethyl adjacent to an activating group) is 1. The van der Waals surface area contributed by atoms with E-state index in [0.717, 1.165) is 37.4 Å². The number of hydrogen-bond acceptors (Lipinski definition) is 7. The van der Waals surface area contributed by atoms with Crippen molar-refractivity contribution in [3.8, 4) is 6.07 Å². The van der Waals surface area contributed by atoms with E-state index in [0.29, 0.717) is 17.7 Å². The lowest BCUT2D eigenvalue weighted by Gasteiger charge is -2.39. The van der Waals surface area contributed by atoms with Gasteiger partial charge in [-0.05, 0) is 31.0 Å². The van der Waals surface area contributed by atoms with Gasteiger partial charge in [0.1, 0.15) is 17.6 Å². The van der Waals surface area contributed by atoms with Crippen LogP contribution in [0.5, 0.6) is 0 Å². The SMILES string of the molecule is CN(C)c1nccc(N(C)C2CCCN(c3ccnc(C#N)c3)C2)n1. The summed E-state index contributed by atoms with van der Waals surface area (Å²) in [5, 5.41) is 9.06. The Hall–Kier alpha value is -2.88. The first-order valence-electron chi connectivity index (χ1n) is 8.43. The largest absolute Gasteiger partial charge is 0.369 e. The molecular weight excluding hydrogens is 314 g/mol. The molecule has 1 saturated heterocycles. The van der Waals surface area contributed by atoms with Gasteiger partial charge in [-0.1, -0.05) is 0 Å². The first kappa shape index (κ1) is 17.0. The molecule has 1 fully saturated rings. The van der Waals surface area contributed by atoms with Gasteiger partial charge in [0, 0.05) is 58.4 Å². The molecule has 0 amide bonds. The highest BCUT2D eigenvalue weighted by molar-refractivity contribution is 5.50. The molecule has 7 heteroatoms. The molecule has 1 aliphatic rings. The zero-order chi connectivity index (χ0) is 17.8. The van der Waals surface area contributed by atoms with Crippen LogP contribution in [0.25, 0.3) is 0 Å². The molecule has 130 valence electrons. The van der Waals surface area contributed by atoms with Crippen molar-refractivity contribution in [1.82, 2.24) is 15.0 Å². The summed E-state index contributed by atoms with van der Waals surface area (Å²) in [5.41, 5.74) is 1.51. The maximum atomic E-state index is 9.06. The fraction of sp³-hybridized carbons (Fsp3) is 0.444. The highest BCUT2D eigenvalue weighted by Gasteiger charge is 2.25. The Morgan fingerprint density at radius 3 is 2.76 bits per heavy atom. The van der Waals surface area contributed by atoms with Gasteiger partial charge in [-0.3, -0.25) is 0 Å². The molecule has 1 aliphatic heterocycles. The Balaban J connectivity index is 1.76. The second kappa shape index (κ2) is 7.34. The van der Waals surface area contributed by atoms with Gasteiger partial charge in [0.05, 0.1) is 0 Å². The summed E-state index contributed by atoms with van der Waals surface area (Å²) in [6.45, 7) is 1.89. The number of nitrogens with zero attached hydrogens (tertiary/aromatic N) is 7. The lowest BCUT2D eigenvalue weighted by atomic mass is 10.0. The minimum atomic E-state index is 0.359. The van der Waals surface area contributed by atoms with E-state index in [1.165, 1.54) is 0 Å². The standard InChI is InChI=1S/C18H23N7/c1-23(2)18-21-9-7-17(22-18)24(3)16-5-4-10-25(13-16)15-6-8-20-14(11-15)12-19/h6-9,11,16H,4-5,10,13H2,1-3H3. The van der Waals surface area contributed by atoms with Crippen molar-refractivity contribution < 1.29 is 0 Å². The van der Waals surface area contributed by atoms with Crippen molar-refractivity contribution in [3.63, 3.8) is 0 Å². The maximum Gasteiger partial charge on any atom is 0.226 e. The third-order valence-electron chi connectivity index (χ3n) is 4.56. The van der Waals surface area contributed by atoms with Crippen LogP contribution in [0.2, 0.25) is 0 Å². The Morgan fingerprint density at radius 2 is 2.00 bits per heavy atom. The van der Waals surface area contributed by atoms with E-state index in [1.807, 2.05) is 37.2 Å². The summed E-state index contributed by atoms with van der Waals surface area (Å²) < 4.78 is 0. The summed E-state index contributed by atoms with van der Waals surface area (Å²) in [4.78, 5) is 19.4. The number of rotatable bonds is 4. The highest BCUT2D eigenvalue weighted by atomic mass is 15.3. The summed E-state index contributed by atoms with van der Waals surface area (Å²) >= 11 is 0. The molecule has 25 heavy (non-hydrogen) atoms. The molecule has 1 unspecified atom stereocenters. The molecule has 2 aromatic rings. The molecule has 0 aromatic carbocycles. The Morgan fingerprint density at radius 1 is 1.20 bits per heavy atom. The molecule has 0 saturated carbocycles. The normalized spacial score (nSPS) is 17.0. The van der Waals surface area contributed by atoms with Crippen LogP contribution in [0.4, 0.5) is 17.5 Å². The van der Waals surface area contributed by atoms with Gasteiger partial charge in [-0.2, -0.15) is 10.2 Å². The third-order valence-corrected chi connectivity index (χ3v) is 4.56. The average Bonchev–Trinajstić information content (AvgIpc) is 2.67. The van der Waals surface area contributed by atoms with Crippen molar-refractivity contribution in [1.29, 1.82) is 5.26 Å². The molecule has 1 atom stereocenters. The van der Waals surface area contributed by atoms with E-state index < -0.39 is 0 Å². The summed E-state index contributed by atoms with van der Waals surface area (Å²) in [6.07, 6.45) is 5.72. The van der Waals surface area contributed by atoms with Gasteiger partial charge in [-0.15, -0.1) is 0 Å². The lowest BCUT2D eigenvalue weighted by Crippen LogP contribution is -2.47. The molecule has 0 aliphatic carbocycles. The number of hydrogen-bond donors (Lipinski definition) is 0. The summed E-state index contributed by atoms with van der Waals surface area (Å²) in [6, 6.07) is 8.25. The van der Waals surface area contributed by atoms with E-state index in [2.05, 4.69) is 37.9 Å². The second-order valence-electron chi connectivity index (χ2n) is 6.47. The smallest absolute Gasteiger partial charge is 0.226 e. The van der Waals surface area contributed by atoms with E-state index in [-0.39, 0.29) is 0 Å². The Bertz CT molecular complexity index is 768. The predicted molar refractivity (Wildman–Crippen MR) is 98.9 cm³/mol. The third kappa shape index (κ3) is 3.79.